The van der Waals surface area contributed by atoms with Crippen LogP contribution in [0.1, 0.15) is 13.8 Å². The molecule has 0 aromatic heterocycles. The summed E-state index contributed by atoms with van der Waals surface area (Å²) in [6.07, 6.45) is 6.79. The van der Waals surface area contributed by atoms with Crippen LogP contribution >= 0.6 is 0 Å². The molecule has 0 radical (unpaired) electrons. The number of rotatable bonds is 4. The van der Waals surface area contributed by atoms with Crippen molar-refractivity contribution in [3.8, 4) is 0 Å². The molecule has 0 N–H and O–H groups in total. The number of hydrogen-bond acceptors (Lipinski definition) is 2. The normalized spacial score (nSPS) is 13.3. The third kappa shape index (κ3) is 5.85. The zero-order valence-electron chi connectivity index (χ0n) is 6.95. The van der Waals surface area contributed by atoms with E-state index in [0.717, 1.165) is 0 Å². The molecule has 0 aromatic rings. The van der Waals surface area contributed by atoms with Crippen LogP contribution in [0.3, 0.4) is 0 Å². The Kier molecular flexibility index (Phi) is 4.86. The minimum Gasteiger partial charge on any atom is -0.228 e. The second kappa shape index (κ2) is 5.13. The number of allylic oxidation sites excluding steroid dienone is 2. The van der Waals surface area contributed by atoms with Crippen molar-refractivity contribution >= 4 is 9.84 Å². The van der Waals surface area contributed by atoms with Crippen LogP contribution in [-0.4, -0.2) is 19.9 Å². The Labute approximate surface area is 68.5 Å². The lowest BCUT2D eigenvalue weighted by atomic mass is 10.6. The Hall–Kier alpha value is -0.570. The molecule has 0 unspecified atom stereocenters. The largest absolute Gasteiger partial charge is 0.228 e. The third-order valence-corrected chi connectivity index (χ3v) is 2.57. The van der Waals surface area contributed by atoms with Crippen molar-refractivity contribution in [3.63, 3.8) is 0 Å². The minimum atomic E-state index is -2.88. The van der Waals surface area contributed by atoms with Crippen molar-refractivity contribution in [1.29, 1.82) is 0 Å². The molecule has 3 heteroatoms. The summed E-state index contributed by atoms with van der Waals surface area (Å²) in [5, 5.41) is 0. The van der Waals surface area contributed by atoms with E-state index in [1.165, 1.54) is 0 Å². The summed E-state index contributed by atoms with van der Waals surface area (Å²) in [6, 6.07) is 0. The van der Waals surface area contributed by atoms with Gasteiger partial charge in [0.1, 0.15) is 0 Å². The predicted molar refractivity (Wildman–Crippen MR) is 48.3 cm³/mol. The summed E-state index contributed by atoms with van der Waals surface area (Å²) < 4.78 is 22.1. The van der Waals surface area contributed by atoms with Crippen molar-refractivity contribution in [2.24, 2.45) is 0 Å². The van der Waals surface area contributed by atoms with Crippen LogP contribution in [0.5, 0.6) is 0 Å². The Balaban J connectivity index is 4.02. The molecular weight excluding hydrogens is 160 g/mol. The van der Waals surface area contributed by atoms with Gasteiger partial charge in [0.2, 0.25) is 0 Å². The van der Waals surface area contributed by atoms with Gasteiger partial charge < -0.3 is 0 Å². The first-order valence-electron chi connectivity index (χ1n) is 3.55. The molecule has 0 atom stereocenters. The highest BCUT2D eigenvalue weighted by Gasteiger charge is 2.03. The van der Waals surface area contributed by atoms with Gasteiger partial charge in [0, 0.05) is 0 Å². The Morgan fingerprint density at radius 3 is 1.64 bits per heavy atom. The van der Waals surface area contributed by atoms with Crippen molar-refractivity contribution < 1.29 is 8.42 Å². The van der Waals surface area contributed by atoms with Crippen LogP contribution < -0.4 is 0 Å². The molecule has 0 rings (SSSR count). The summed E-state index contributed by atoms with van der Waals surface area (Å²) in [6.45, 7) is 3.62. The van der Waals surface area contributed by atoms with Gasteiger partial charge in [-0.25, -0.2) is 8.42 Å². The SMILES string of the molecule is CC=CCS(=O)(=O)CC=CC. The van der Waals surface area contributed by atoms with E-state index in [2.05, 4.69) is 0 Å². The fourth-order valence-corrected chi connectivity index (χ4v) is 1.66. The Morgan fingerprint density at radius 2 is 1.36 bits per heavy atom. The van der Waals surface area contributed by atoms with E-state index >= 15 is 0 Å². The summed E-state index contributed by atoms with van der Waals surface area (Å²) in [4.78, 5) is 0. The maximum Gasteiger partial charge on any atom is 0.157 e. The third-order valence-electron chi connectivity index (χ3n) is 1.17. The minimum absolute atomic E-state index is 0.147. The quantitative estimate of drug-likeness (QED) is 0.606. The molecule has 0 heterocycles. The highest BCUT2D eigenvalue weighted by molar-refractivity contribution is 7.91. The van der Waals surface area contributed by atoms with Crippen molar-refractivity contribution in [2.75, 3.05) is 11.5 Å². The van der Waals surface area contributed by atoms with Crippen LogP contribution in [0.15, 0.2) is 24.3 Å². The Morgan fingerprint density at radius 1 is 1.00 bits per heavy atom. The van der Waals surface area contributed by atoms with Gasteiger partial charge in [0.15, 0.2) is 9.84 Å². The molecular formula is C8H14O2S. The standard InChI is InChI=1S/C8H14O2S/c1-3-5-7-11(9,10)8-6-4-2/h3-6H,7-8H2,1-2H3. The van der Waals surface area contributed by atoms with Crippen molar-refractivity contribution in [1.82, 2.24) is 0 Å². The van der Waals surface area contributed by atoms with E-state index in [1.54, 1.807) is 24.3 Å². The molecule has 11 heavy (non-hydrogen) atoms. The van der Waals surface area contributed by atoms with Gasteiger partial charge in [0.25, 0.3) is 0 Å². The van der Waals surface area contributed by atoms with E-state index < -0.39 is 9.84 Å². The molecule has 0 aromatic carbocycles. The van der Waals surface area contributed by atoms with E-state index in [9.17, 15) is 8.42 Å². The maximum absolute atomic E-state index is 11.0. The average Bonchev–Trinajstić information content (AvgIpc) is 1.97. The molecule has 0 bridgehead atoms. The zero-order chi connectivity index (χ0) is 8.74. The molecule has 2 nitrogen and oxygen atoms in total. The number of sulfone groups is 1. The lowest BCUT2D eigenvalue weighted by molar-refractivity contribution is 0.602. The van der Waals surface area contributed by atoms with Crippen LogP contribution in [-0.2, 0) is 9.84 Å². The molecule has 0 spiro atoms. The number of hydrogen-bond donors (Lipinski definition) is 0. The first-order chi connectivity index (χ1) is 5.12. The van der Waals surface area contributed by atoms with Crippen molar-refractivity contribution in [3.05, 3.63) is 24.3 Å². The first kappa shape index (κ1) is 10.4. The second-order valence-corrected chi connectivity index (χ2v) is 4.37. The predicted octanol–water partition coefficient (Wildman–Crippen LogP) is 1.55. The fourth-order valence-electron chi connectivity index (χ4n) is 0.554. The van der Waals surface area contributed by atoms with Crippen LogP contribution in [0, 0.1) is 0 Å². The smallest absolute Gasteiger partial charge is 0.157 e. The Bertz CT molecular complexity index is 215. The summed E-state index contributed by atoms with van der Waals surface area (Å²) in [7, 11) is -2.88. The van der Waals surface area contributed by atoms with Crippen LogP contribution in [0.2, 0.25) is 0 Å². The van der Waals surface area contributed by atoms with Crippen LogP contribution in [0.25, 0.3) is 0 Å². The highest BCUT2D eigenvalue weighted by atomic mass is 32.2. The topological polar surface area (TPSA) is 34.1 Å². The molecule has 0 aliphatic rings. The van der Waals surface area contributed by atoms with Gasteiger partial charge in [-0.15, -0.1) is 0 Å². The maximum atomic E-state index is 11.0. The van der Waals surface area contributed by atoms with Gasteiger partial charge in [0.05, 0.1) is 11.5 Å². The van der Waals surface area contributed by atoms with Crippen molar-refractivity contribution in [2.45, 2.75) is 13.8 Å². The lowest BCUT2D eigenvalue weighted by Crippen LogP contribution is -2.06. The zero-order valence-corrected chi connectivity index (χ0v) is 7.76. The first-order valence-corrected chi connectivity index (χ1v) is 5.37. The van der Waals surface area contributed by atoms with Gasteiger partial charge in [-0.1, -0.05) is 24.3 Å². The summed E-state index contributed by atoms with van der Waals surface area (Å²) in [5.74, 6) is 0.293. The monoisotopic (exact) mass is 174 g/mol. The average molecular weight is 174 g/mol. The lowest BCUT2D eigenvalue weighted by Gasteiger charge is -1.93. The molecule has 64 valence electrons. The van der Waals surface area contributed by atoms with Crippen LogP contribution in [0.4, 0.5) is 0 Å². The van der Waals surface area contributed by atoms with Gasteiger partial charge in [-0.05, 0) is 13.8 Å². The second-order valence-electron chi connectivity index (χ2n) is 2.21. The highest BCUT2D eigenvalue weighted by Crippen LogP contribution is 1.92. The van der Waals surface area contributed by atoms with Gasteiger partial charge >= 0.3 is 0 Å². The van der Waals surface area contributed by atoms with E-state index in [1.807, 2.05) is 13.8 Å². The van der Waals surface area contributed by atoms with E-state index in [0.29, 0.717) is 0 Å². The molecule has 0 aliphatic carbocycles. The molecule has 0 saturated heterocycles. The summed E-state index contributed by atoms with van der Waals surface area (Å²) in [5.41, 5.74) is 0. The molecule has 0 amide bonds. The van der Waals surface area contributed by atoms with E-state index in [-0.39, 0.29) is 11.5 Å². The van der Waals surface area contributed by atoms with Gasteiger partial charge in [-0.3, -0.25) is 0 Å². The molecule has 0 fully saturated rings. The fraction of sp³-hybridized carbons (Fsp3) is 0.500. The van der Waals surface area contributed by atoms with E-state index in [4.69, 9.17) is 0 Å². The molecule has 0 aliphatic heterocycles. The summed E-state index contributed by atoms with van der Waals surface area (Å²) >= 11 is 0. The van der Waals surface area contributed by atoms with Gasteiger partial charge in [-0.2, -0.15) is 0 Å². The molecule has 0 saturated carbocycles.